The molecular formula is C28H27FN6O3. The van der Waals surface area contributed by atoms with Crippen molar-refractivity contribution in [2.45, 2.75) is 31.1 Å². The highest BCUT2D eigenvalue weighted by Crippen LogP contribution is 2.55. The first kappa shape index (κ1) is 24.0. The van der Waals surface area contributed by atoms with Gasteiger partial charge in [0.25, 0.3) is 5.91 Å². The van der Waals surface area contributed by atoms with Crippen LogP contribution in [-0.2, 0) is 7.05 Å². The first-order valence-corrected chi connectivity index (χ1v) is 12.6. The Balaban J connectivity index is 1.34. The Hall–Kier alpha value is -4.34. The van der Waals surface area contributed by atoms with E-state index in [0.717, 1.165) is 25.0 Å². The predicted octanol–water partition coefficient (Wildman–Crippen LogP) is 4.26. The number of halogens is 1. The van der Waals surface area contributed by atoms with Crippen molar-refractivity contribution in [2.24, 2.45) is 13.0 Å². The largest absolute Gasteiger partial charge is 0.478 e. The number of hydrogen-bond donors (Lipinski definition) is 1. The van der Waals surface area contributed by atoms with E-state index in [1.807, 2.05) is 12.3 Å². The van der Waals surface area contributed by atoms with Crippen molar-refractivity contribution >= 4 is 11.9 Å². The van der Waals surface area contributed by atoms with Crippen LogP contribution in [0, 0.1) is 11.7 Å². The van der Waals surface area contributed by atoms with E-state index in [2.05, 4.69) is 15.4 Å². The first-order valence-electron chi connectivity index (χ1n) is 12.6. The summed E-state index contributed by atoms with van der Waals surface area (Å²) in [6.07, 6.45) is 6.13. The van der Waals surface area contributed by atoms with E-state index in [1.165, 1.54) is 12.3 Å². The molecule has 2 aliphatic carbocycles. The van der Waals surface area contributed by atoms with Gasteiger partial charge in [0, 0.05) is 44.2 Å². The Morgan fingerprint density at radius 1 is 1.13 bits per heavy atom. The van der Waals surface area contributed by atoms with Crippen LogP contribution in [0.2, 0.25) is 0 Å². The number of aromatic nitrogens is 5. The monoisotopic (exact) mass is 514 g/mol. The lowest BCUT2D eigenvalue weighted by Crippen LogP contribution is -2.29. The van der Waals surface area contributed by atoms with Crippen LogP contribution in [0.1, 0.15) is 63.2 Å². The lowest BCUT2D eigenvalue weighted by atomic mass is 10.0. The summed E-state index contributed by atoms with van der Waals surface area (Å²) in [7, 11) is 3.50. The molecule has 10 heteroatoms. The number of carboxylic acid groups (broad SMARTS) is 1. The predicted molar refractivity (Wildman–Crippen MR) is 137 cm³/mol. The van der Waals surface area contributed by atoms with Crippen LogP contribution in [0.25, 0.3) is 16.8 Å². The zero-order valence-corrected chi connectivity index (χ0v) is 21.1. The summed E-state index contributed by atoms with van der Waals surface area (Å²) in [4.78, 5) is 26.6. The number of nitrogens with zero attached hydrogens (tertiary/aromatic N) is 6. The van der Waals surface area contributed by atoms with E-state index in [0.29, 0.717) is 35.0 Å². The van der Waals surface area contributed by atoms with Crippen molar-refractivity contribution in [1.82, 2.24) is 29.7 Å². The molecule has 1 N–H and O–H groups in total. The number of rotatable bonds is 8. The van der Waals surface area contributed by atoms with Crippen molar-refractivity contribution in [1.29, 1.82) is 0 Å². The summed E-state index contributed by atoms with van der Waals surface area (Å²) >= 11 is 0. The normalized spacial score (nSPS) is 18.4. The quantitative estimate of drug-likeness (QED) is 0.377. The number of carbonyl (C=O) groups is 2. The number of amides is 1. The molecule has 0 radical (unpaired) electrons. The Bertz CT molecular complexity index is 1560. The Labute approximate surface area is 218 Å². The van der Waals surface area contributed by atoms with Gasteiger partial charge in [-0.1, -0.05) is 29.5 Å². The van der Waals surface area contributed by atoms with E-state index >= 15 is 4.39 Å². The zero-order valence-electron chi connectivity index (χ0n) is 21.1. The maximum absolute atomic E-state index is 15.7. The molecule has 0 aliphatic heterocycles. The van der Waals surface area contributed by atoms with Gasteiger partial charge in [-0.2, -0.15) is 5.10 Å². The van der Waals surface area contributed by atoms with Crippen molar-refractivity contribution < 1.29 is 19.1 Å². The summed E-state index contributed by atoms with van der Waals surface area (Å²) in [6, 6.07) is 12.0. The van der Waals surface area contributed by atoms with E-state index in [4.69, 9.17) is 0 Å². The molecule has 0 bridgehead atoms. The van der Waals surface area contributed by atoms with Crippen LogP contribution in [0.4, 0.5) is 4.39 Å². The topological polar surface area (TPSA) is 106 Å². The third-order valence-corrected chi connectivity index (χ3v) is 7.39. The van der Waals surface area contributed by atoms with Gasteiger partial charge in [-0.15, -0.1) is 5.10 Å². The molecule has 194 valence electrons. The summed E-state index contributed by atoms with van der Waals surface area (Å²) in [5.41, 5.74) is 3.03. The van der Waals surface area contributed by atoms with Gasteiger partial charge >= 0.3 is 5.97 Å². The smallest absolute Gasteiger partial charge is 0.339 e. The Morgan fingerprint density at radius 2 is 1.92 bits per heavy atom. The molecule has 9 nitrogen and oxygen atoms in total. The third kappa shape index (κ3) is 4.36. The average molecular weight is 515 g/mol. The third-order valence-electron chi connectivity index (χ3n) is 7.39. The maximum Gasteiger partial charge on any atom is 0.339 e. The van der Waals surface area contributed by atoms with Gasteiger partial charge in [0.15, 0.2) is 0 Å². The summed E-state index contributed by atoms with van der Waals surface area (Å²) in [5, 5.41) is 22.4. The molecule has 0 saturated heterocycles. The Kier molecular flexibility index (Phi) is 5.81. The minimum Gasteiger partial charge on any atom is -0.478 e. The molecule has 0 unspecified atom stereocenters. The summed E-state index contributed by atoms with van der Waals surface area (Å²) < 4.78 is 18.9. The minimum absolute atomic E-state index is 0.0359. The lowest BCUT2D eigenvalue weighted by molar-refractivity contribution is 0.0694. The second-order valence-corrected chi connectivity index (χ2v) is 10.3. The number of aryl methyl sites for hydroxylation is 1. The fourth-order valence-corrected chi connectivity index (χ4v) is 5.15. The van der Waals surface area contributed by atoms with Crippen LogP contribution in [0.15, 0.2) is 54.9 Å². The fraction of sp³-hybridized carbons (Fsp3) is 0.321. The molecule has 2 aromatic carbocycles. The molecule has 2 aromatic heterocycles. The fourth-order valence-electron chi connectivity index (χ4n) is 5.15. The molecule has 2 aliphatic rings. The molecule has 2 fully saturated rings. The van der Waals surface area contributed by atoms with Crippen LogP contribution in [0.3, 0.4) is 0 Å². The molecular weight excluding hydrogens is 487 g/mol. The van der Waals surface area contributed by atoms with Crippen LogP contribution < -0.4 is 0 Å². The molecule has 0 spiro atoms. The van der Waals surface area contributed by atoms with E-state index in [-0.39, 0.29) is 28.9 Å². The minimum atomic E-state index is -1.06. The standard InChI is InChI=1S/C28H27FN6O3/c1-33(14-16-9-10-16)27(36)20-8-4-7-19(25(20)29)17-5-3-6-18(11-17)35-26(23(13-30-35)28(37)38)22-12-21(22)24-15-34(2)32-31-24/h3-8,11,13,15-16,21-22H,9-10,12,14H2,1-2H3,(H,37,38)/t21-,22-/m1/s1. The van der Waals surface area contributed by atoms with Gasteiger partial charge in [0.2, 0.25) is 0 Å². The van der Waals surface area contributed by atoms with Crippen molar-refractivity contribution in [3.63, 3.8) is 0 Å². The highest BCUT2D eigenvalue weighted by molar-refractivity contribution is 5.96. The molecule has 6 rings (SSSR count). The number of benzene rings is 2. The summed E-state index contributed by atoms with van der Waals surface area (Å²) in [5.74, 6) is -1.49. The SMILES string of the molecule is CN(CC1CC1)C(=O)c1cccc(-c2cccc(-n3ncc(C(=O)O)c3[C@@H]3C[C@H]3c3cn(C)nn3)c2)c1F. The van der Waals surface area contributed by atoms with Gasteiger partial charge in [0.05, 0.1) is 28.8 Å². The second-order valence-electron chi connectivity index (χ2n) is 10.3. The van der Waals surface area contributed by atoms with E-state index in [1.54, 1.807) is 58.7 Å². The number of carboxylic acids is 1. The van der Waals surface area contributed by atoms with Crippen LogP contribution >= 0.6 is 0 Å². The number of carbonyl (C=O) groups excluding carboxylic acids is 1. The summed E-state index contributed by atoms with van der Waals surface area (Å²) in [6.45, 7) is 0.628. The average Bonchev–Trinajstić information content (AvgIpc) is 3.80. The molecule has 1 amide bonds. The van der Waals surface area contributed by atoms with E-state index < -0.39 is 11.8 Å². The van der Waals surface area contributed by atoms with Crippen molar-refractivity contribution in [3.8, 4) is 16.8 Å². The molecule has 2 heterocycles. The first-order chi connectivity index (χ1) is 18.3. The number of aromatic carboxylic acids is 1. The van der Waals surface area contributed by atoms with Gasteiger partial charge in [-0.25, -0.2) is 13.9 Å². The molecule has 4 aromatic rings. The van der Waals surface area contributed by atoms with Gasteiger partial charge in [0.1, 0.15) is 11.4 Å². The van der Waals surface area contributed by atoms with Gasteiger partial charge < -0.3 is 10.0 Å². The zero-order chi connectivity index (χ0) is 26.6. The van der Waals surface area contributed by atoms with Crippen LogP contribution in [0.5, 0.6) is 0 Å². The maximum atomic E-state index is 15.7. The molecule has 38 heavy (non-hydrogen) atoms. The van der Waals surface area contributed by atoms with Crippen molar-refractivity contribution in [2.75, 3.05) is 13.6 Å². The Morgan fingerprint density at radius 3 is 2.63 bits per heavy atom. The van der Waals surface area contributed by atoms with Gasteiger partial charge in [-0.3, -0.25) is 9.48 Å². The van der Waals surface area contributed by atoms with Gasteiger partial charge in [-0.05, 0) is 48.9 Å². The van der Waals surface area contributed by atoms with E-state index in [9.17, 15) is 14.7 Å². The molecule has 2 saturated carbocycles. The highest BCUT2D eigenvalue weighted by atomic mass is 19.1. The lowest BCUT2D eigenvalue weighted by Gasteiger charge is -2.18. The second kappa shape index (κ2) is 9.20. The number of hydrogen-bond acceptors (Lipinski definition) is 5. The van der Waals surface area contributed by atoms with Crippen molar-refractivity contribution in [3.05, 3.63) is 83.2 Å². The van der Waals surface area contributed by atoms with Crippen LogP contribution in [-0.4, -0.2) is 60.2 Å². The molecule has 2 atom stereocenters. The highest BCUT2D eigenvalue weighted by Gasteiger charge is 2.46.